The maximum atomic E-state index is 12.6. The van der Waals surface area contributed by atoms with Crippen LogP contribution in [0.2, 0.25) is 0 Å². The van der Waals surface area contributed by atoms with Gasteiger partial charge in [0, 0.05) is 25.6 Å². The molecule has 138 valence electrons. The van der Waals surface area contributed by atoms with Crippen LogP contribution in [-0.4, -0.2) is 55.4 Å². The molecule has 0 unspecified atom stereocenters. The van der Waals surface area contributed by atoms with E-state index in [2.05, 4.69) is 0 Å². The number of aliphatic hydroxyl groups is 1. The minimum absolute atomic E-state index is 0.0307. The Morgan fingerprint density at radius 2 is 2.00 bits per heavy atom. The summed E-state index contributed by atoms with van der Waals surface area (Å²) in [7, 11) is 1.62. The second kappa shape index (κ2) is 8.30. The van der Waals surface area contributed by atoms with E-state index >= 15 is 0 Å². The van der Waals surface area contributed by atoms with Gasteiger partial charge >= 0.3 is 0 Å². The molecule has 1 aliphatic carbocycles. The number of methoxy groups -OCH3 is 1. The van der Waals surface area contributed by atoms with Crippen LogP contribution in [0, 0.1) is 5.92 Å². The standard InChI is InChI=1S/C20H29NO4/c1-24-13-14-25-15-19(22)21-12-11-20(23,16-7-3-2-4-8-16)17-9-5-6-10-18(17)21/h2-4,7-8,17-18,23H,5-6,9-15H2,1H3/t17-,18-,20+/m1/s1. The molecule has 1 saturated carbocycles. The number of benzene rings is 1. The van der Waals surface area contributed by atoms with Crippen molar-refractivity contribution in [1.82, 2.24) is 4.90 Å². The van der Waals surface area contributed by atoms with Crippen molar-refractivity contribution in [1.29, 1.82) is 0 Å². The van der Waals surface area contributed by atoms with Gasteiger partial charge in [0.05, 0.1) is 18.8 Å². The van der Waals surface area contributed by atoms with E-state index in [-0.39, 0.29) is 24.5 Å². The van der Waals surface area contributed by atoms with E-state index in [1.807, 2.05) is 35.2 Å². The first-order valence-corrected chi connectivity index (χ1v) is 9.31. The fourth-order valence-electron chi connectivity index (χ4n) is 4.46. The number of likely N-dealkylation sites (tertiary alicyclic amines) is 1. The highest BCUT2D eigenvalue weighted by Gasteiger charge is 2.50. The molecule has 1 aromatic rings. The smallest absolute Gasteiger partial charge is 0.248 e. The molecule has 1 amide bonds. The summed E-state index contributed by atoms with van der Waals surface area (Å²) in [4.78, 5) is 14.6. The number of amides is 1. The lowest BCUT2D eigenvalue weighted by Crippen LogP contribution is -2.59. The number of piperidine rings is 1. The maximum Gasteiger partial charge on any atom is 0.248 e. The first-order chi connectivity index (χ1) is 12.2. The highest BCUT2D eigenvalue weighted by molar-refractivity contribution is 5.78. The van der Waals surface area contributed by atoms with Crippen LogP contribution in [0.4, 0.5) is 0 Å². The third-order valence-electron chi connectivity index (χ3n) is 5.73. The lowest BCUT2D eigenvalue weighted by molar-refractivity contribution is -0.159. The third-order valence-corrected chi connectivity index (χ3v) is 5.73. The summed E-state index contributed by atoms with van der Waals surface area (Å²) in [6, 6.07) is 10.1. The fourth-order valence-corrected chi connectivity index (χ4v) is 4.46. The molecule has 1 saturated heterocycles. The normalized spacial score (nSPS) is 29.3. The molecule has 0 bridgehead atoms. The molecule has 25 heavy (non-hydrogen) atoms. The average molecular weight is 347 g/mol. The lowest BCUT2D eigenvalue weighted by atomic mass is 9.66. The minimum atomic E-state index is -0.833. The van der Waals surface area contributed by atoms with Gasteiger partial charge in [-0.25, -0.2) is 0 Å². The second-order valence-corrected chi connectivity index (χ2v) is 7.13. The summed E-state index contributed by atoms with van der Waals surface area (Å²) in [5, 5.41) is 11.5. The molecule has 1 aromatic carbocycles. The van der Waals surface area contributed by atoms with Gasteiger partial charge in [0.25, 0.3) is 0 Å². The summed E-state index contributed by atoms with van der Waals surface area (Å²) in [5.41, 5.74) is 0.149. The zero-order chi connectivity index (χ0) is 17.7. The summed E-state index contributed by atoms with van der Waals surface area (Å²) in [6.07, 6.45) is 4.74. The SMILES string of the molecule is COCCOCC(=O)N1CC[C@](O)(c2ccccc2)[C@@H]2CCCC[C@H]21. The molecule has 3 rings (SSSR count). The summed E-state index contributed by atoms with van der Waals surface area (Å²) in [6.45, 7) is 1.60. The molecular weight excluding hydrogens is 318 g/mol. The third kappa shape index (κ3) is 3.89. The van der Waals surface area contributed by atoms with Gasteiger partial charge < -0.3 is 19.5 Å². The molecule has 0 spiro atoms. The van der Waals surface area contributed by atoms with Crippen molar-refractivity contribution in [3.8, 4) is 0 Å². The molecule has 5 heteroatoms. The Hall–Kier alpha value is -1.43. The van der Waals surface area contributed by atoms with Gasteiger partial charge in [-0.05, 0) is 24.8 Å². The monoisotopic (exact) mass is 347 g/mol. The molecule has 2 aliphatic rings. The van der Waals surface area contributed by atoms with Crippen LogP contribution in [-0.2, 0) is 19.9 Å². The van der Waals surface area contributed by atoms with Crippen molar-refractivity contribution < 1.29 is 19.4 Å². The van der Waals surface area contributed by atoms with Crippen molar-refractivity contribution in [2.75, 3.05) is 33.5 Å². The highest BCUT2D eigenvalue weighted by atomic mass is 16.5. The summed E-state index contributed by atoms with van der Waals surface area (Å²) in [5.74, 6) is 0.128. The number of hydrogen-bond acceptors (Lipinski definition) is 4. The summed E-state index contributed by atoms with van der Waals surface area (Å²) >= 11 is 0. The molecule has 0 aromatic heterocycles. The van der Waals surface area contributed by atoms with Gasteiger partial charge in [-0.15, -0.1) is 0 Å². The fraction of sp³-hybridized carbons (Fsp3) is 0.650. The lowest BCUT2D eigenvalue weighted by Gasteiger charge is -2.52. The molecule has 2 fully saturated rings. The Labute approximate surface area is 149 Å². The Morgan fingerprint density at radius 1 is 1.24 bits per heavy atom. The van der Waals surface area contributed by atoms with Crippen LogP contribution in [0.5, 0.6) is 0 Å². The van der Waals surface area contributed by atoms with Crippen molar-refractivity contribution in [3.63, 3.8) is 0 Å². The minimum Gasteiger partial charge on any atom is -0.385 e. The van der Waals surface area contributed by atoms with E-state index in [0.717, 1.165) is 31.2 Å². The van der Waals surface area contributed by atoms with Gasteiger partial charge in [0.1, 0.15) is 6.61 Å². The van der Waals surface area contributed by atoms with E-state index in [9.17, 15) is 9.90 Å². The van der Waals surface area contributed by atoms with Gasteiger partial charge in [-0.1, -0.05) is 43.2 Å². The Kier molecular flexibility index (Phi) is 6.10. The predicted octanol–water partition coefficient (Wildman–Crippen LogP) is 2.33. The first kappa shape index (κ1) is 18.4. The molecule has 5 nitrogen and oxygen atoms in total. The van der Waals surface area contributed by atoms with Crippen LogP contribution >= 0.6 is 0 Å². The number of nitrogens with zero attached hydrogens (tertiary/aromatic N) is 1. The first-order valence-electron chi connectivity index (χ1n) is 9.31. The number of ether oxygens (including phenoxy) is 2. The number of hydrogen-bond donors (Lipinski definition) is 1. The van der Waals surface area contributed by atoms with E-state index < -0.39 is 5.60 Å². The quantitative estimate of drug-likeness (QED) is 0.803. The van der Waals surface area contributed by atoms with Gasteiger partial charge in [-0.3, -0.25) is 4.79 Å². The molecule has 1 N–H and O–H groups in total. The van der Waals surface area contributed by atoms with Crippen molar-refractivity contribution >= 4 is 5.91 Å². The van der Waals surface area contributed by atoms with Crippen molar-refractivity contribution in [2.24, 2.45) is 5.92 Å². The number of carbonyl (C=O) groups excluding carboxylic acids is 1. The Bertz CT molecular complexity index is 564. The Balaban J connectivity index is 1.73. The van der Waals surface area contributed by atoms with Crippen molar-refractivity contribution in [3.05, 3.63) is 35.9 Å². The van der Waals surface area contributed by atoms with E-state index in [1.54, 1.807) is 7.11 Å². The van der Waals surface area contributed by atoms with Crippen molar-refractivity contribution in [2.45, 2.75) is 43.7 Å². The zero-order valence-corrected chi connectivity index (χ0v) is 15.0. The number of fused-ring (bicyclic) bond motifs is 1. The van der Waals surface area contributed by atoms with E-state index in [4.69, 9.17) is 9.47 Å². The summed E-state index contributed by atoms with van der Waals surface area (Å²) < 4.78 is 10.4. The molecule has 3 atom stereocenters. The molecule has 1 heterocycles. The highest BCUT2D eigenvalue weighted by Crippen LogP contribution is 2.46. The second-order valence-electron chi connectivity index (χ2n) is 7.13. The van der Waals surface area contributed by atoms with Crippen LogP contribution in [0.25, 0.3) is 0 Å². The van der Waals surface area contributed by atoms with Crippen LogP contribution < -0.4 is 0 Å². The maximum absolute atomic E-state index is 12.6. The Morgan fingerprint density at radius 3 is 2.76 bits per heavy atom. The van der Waals surface area contributed by atoms with E-state index in [0.29, 0.717) is 26.2 Å². The number of carbonyl (C=O) groups is 1. The van der Waals surface area contributed by atoms with Crippen LogP contribution in [0.1, 0.15) is 37.7 Å². The number of rotatable bonds is 6. The molecule has 0 radical (unpaired) electrons. The largest absolute Gasteiger partial charge is 0.385 e. The molecular formula is C20H29NO4. The predicted molar refractivity (Wildman–Crippen MR) is 95.1 cm³/mol. The van der Waals surface area contributed by atoms with Gasteiger partial charge in [0.15, 0.2) is 0 Å². The topological polar surface area (TPSA) is 59.0 Å². The van der Waals surface area contributed by atoms with Gasteiger partial charge in [-0.2, -0.15) is 0 Å². The van der Waals surface area contributed by atoms with E-state index in [1.165, 1.54) is 0 Å². The molecule has 1 aliphatic heterocycles. The van der Waals surface area contributed by atoms with Gasteiger partial charge in [0.2, 0.25) is 5.91 Å². The zero-order valence-electron chi connectivity index (χ0n) is 15.0. The average Bonchev–Trinajstić information content (AvgIpc) is 2.66. The van der Waals surface area contributed by atoms with Crippen LogP contribution in [0.15, 0.2) is 30.3 Å². The van der Waals surface area contributed by atoms with Crippen LogP contribution in [0.3, 0.4) is 0 Å².